The number of aromatic nitrogens is 4. The molecule has 1 unspecified atom stereocenters. The second kappa shape index (κ2) is 7.18. The van der Waals surface area contributed by atoms with Gasteiger partial charge in [-0.2, -0.15) is 0 Å². The molecule has 3 N–H and O–H groups in total. The number of aromatic amines is 1. The molecular formula is C15H18N5O4P. The molecule has 2 heterocycles. The molecule has 0 aliphatic carbocycles. The molecule has 3 aromatic rings. The van der Waals surface area contributed by atoms with Crippen molar-refractivity contribution in [3.8, 4) is 5.75 Å². The van der Waals surface area contributed by atoms with Crippen LogP contribution in [-0.2, 0) is 15.8 Å². The predicted molar refractivity (Wildman–Crippen MR) is 90.0 cm³/mol. The molecule has 0 bridgehead atoms. The van der Waals surface area contributed by atoms with E-state index in [0.717, 1.165) is 0 Å². The fourth-order valence-electron chi connectivity index (χ4n) is 2.28. The van der Waals surface area contributed by atoms with Crippen LogP contribution in [0.25, 0.3) is 11.2 Å². The minimum atomic E-state index is -3.92. The lowest BCUT2D eigenvalue weighted by Gasteiger charge is -2.18. The summed E-state index contributed by atoms with van der Waals surface area (Å²) in [4.78, 5) is 20.9. The quantitative estimate of drug-likeness (QED) is 0.550. The molecule has 9 nitrogen and oxygen atoms in total. The molecule has 25 heavy (non-hydrogen) atoms. The van der Waals surface area contributed by atoms with Crippen LogP contribution in [0.3, 0.4) is 0 Å². The first-order valence-electron chi connectivity index (χ1n) is 7.56. The van der Waals surface area contributed by atoms with Crippen molar-refractivity contribution >= 4 is 18.8 Å². The van der Waals surface area contributed by atoms with Gasteiger partial charge in [0.25, 0.3) is 0 Å². The lowest BCUT2D eigenvalue weighted by Crippen LogP contribution is -2.21. The number of fused-ring (bicyclic) bond motifs is 1. The second-order valence-electron chi connectivity index (χ2n) is 5.49. The van der Waals surface area contributed by atoms with E-state index in [2.05, 4.69) is 15.0 Å². The van der Waals surface area contributed by atoms with Crippen molar-refractivity contribution in [1.82, 2.24) is 19.5 Å². The van der Waals surface area contributed by atoms with E-state index in [-0.39, 0.29) is 11.6 Å². The molecule has 0 aliphatic heterocycles. The van der Waals surface area contributed by atoms with Gasteiger partial charge in [0.2, 0.25) is 0 Å². The molecule has 0 saturated carbocycles. The number of imidazole rings is 1. The van der Waals surface area contributed by atoms with Gasteiger partial charge in [0.05, 0.1) is 25.3 Å². The van der Waals surface area contributed by atoms with Gasteiger partial charge in [-0.3, -0.25) is 5.41 Å². The summed E-state index contributed by atoms with van der Waals surface area (Å²) in [6.45, 7) is 2.13. The molecule has 132 valence electrons. The molecule has 1 aromatic carbocycles. The molecule has 0 radical (unpaired) electrons. The molecule has 0 amide bonds. The number of nitrogens with one attached hydrogen (secondary N) is 2. The van der Waals surface area contributed by atoms with Gasteiger partial charge in [0, 0.05) is 0 Å². The minimum Gasteiger partial charge on any atom is -0.423 e. The highest BCUT2D eigenvalue weighted by Crippen LogP contribution is 2.42. The Morgan fingerprint density at radius 2 is 2.12 bits per heavy atom. The summed E-state index contributed by atoms with van der Waals surface area (Å²) in [5.41, 5.74) is 1.20. The van der Waals surface area contributed by atoms with Gasteiger partial charge < -0.3 is 23.7 Å². The zero-order chi connectivity index (χ0) is 17.9. The van der Waals surface area contributed by atoms with Crippen LogP contribution in [0.1, 0.15) is 6.92 Å². The molecule has 3 rings (SSSR count). The second-order valence-corrected chi connectivity index (χ2v) is 7.21. The molecule has 0 fully saturated rings. The maximum atomic E-state index is 12.1. The average Bonchev–Trinajstić information content (AvgIpc) is 3.07. The van der Waals surface area contributed by atoms with E-state index in [1.54, 1.807) is 41.8 Å². The Balaban J connectivity index is 1.61. The first kappa shape index (κ1) is 17.3. The number of hydrogen-bond donors (Lipinski definition) is 3. The maximum Gasteiger partial charge on any atom is 0.402 e. The molecule has 0 aliphatic rings. The Hall–Kier alpha value is -2.48. The van der Waals surface area contributed by atoms with Crippen LogP contribution < -0.4 is 10.0 Å². The van der Waals surface area contributed by atoms with Gasteiger partial charge in [0.15, 0.2) is 17.5 Å². The van der Waals surface area contributed by atoms with E-state index in [9.17, 15) is 9.46 Å². The van der Waals surface area contributed by atoms with Crippen LogP contribution >= 0.6 is 7.60 Å². The summed E-state index contributed by atoms with van der Waals surface area (Å²) in [6, 6.07) is 8.42. The third-order valence-electron chi connectivity index (χ3n) is 3.42. The van der Waals surface area contributed by atoms with E-state index in [1.165, 1.54) is 12.7 Å². The molecule has 0 spiro atoms. The van der Waals surface area contributed by atoms with Crippen LogP contribution in [0.5, 0.6) is 5.75 Å². The molecule has 2 atom stereocenters. The van der Waals surface area contributed by atoms with Crippen molar-refractivity contribution in [2.45, 2.75) is 19.6 Å². The highest BCUT2D eigenvalue weighted by molar-refractivity contribution is 7.53. The smallest absolute Gasteiger partial charge is 0.402 e. The molecular weight excluding hydrogens is 345 g/mol. The SMILES string of the molecule is C[C@H](Cn1cnc(=N)c2[nH]cnc21)OCP(=O)(O)Oc1ccccc1. The summed E-state index contributed by atoms with van der Waals surface area (Å²) in [5.74, 6) is 0.312. The first-order chi connectivity index (χ1) is 11.9. The molecule has 2 aromatic heterocycles. The largest absolute Gasteiger partial charge is 0.423 e. The summed E-state index contributed by atoms with van der Waals surface area (Å²) in [5, 5.41) is 7.72. The Morgan fingerprint density at radius 1 is 1.36 bits per heavy atom. The van der Waals surface area contributed by atoms with Crippen molar-refractivity contribution in [1.29, 1.82) is 5.41 Å². The topological polar surface area (TPSA) is 126 Å². The van der Waals surface area contributed by atoms with Crippen LogP contribution in [0.4, 0.5) is 0 Å². The van der Waals surface area contributed by atoms with Crippen molar-refractivity contribution < 1.29 is 18.7 Å². The normalized spacial score (nSPS) is 15.0. The minimum absolute atomic E-state index is 0.105. The third kappa shape index (κ3) is 4.33. The summed E-state index contributed by atoms with van der Waals surface area (Å²) in [7, 11) is -3.92. The summed E-state index contributed by atoms with van der Waals surface area (Å²) >= 11 is 0. The Kier molecular flexibility index (Phi) is 4.98. The number of rotatable bonds is 7. The van der Waals surface area contributed by atoms with Crippen molar-refractivity contribution in [3.63, 3.8) is 0 Å². The van der Waals surface area contributed by atoms with Crippen LogP contribution in [0.15, 0.2) is 43.0 Å². The van der Waals surface area contributed by atoms with Crippen molar-refractivity contribution in [2.24, 2.45) is 0 Å². The number of nitrogens with zero attached hydrogens (tertiary/aromatic N) is 3. The standard InChI is InChI=1S/C15H18N5O4P/c1-11(7-20-9-19-14(16)13-15(20)18-8-17-13)23-10-25(21,22)24-12-5-3-2-4-6-12/h2-6,8-9,11,16H,7,10H2,1H3,(H,17,18)(H,21,22)/t11-/m1/s1. The first-order valence-corrected chi connectivity index (χ1v) is 9.32. The van der Waals surface area contributed by atoms with Crippen LogP contribution in [0.2, 0.25) is 0 Å². The fourth-order valence-corrected chi connectivity index (χ4v) is 3.23. The lowest BCUT2D eigenvalue weighted by atomic mass is 10.3. The molecule has 0 saturated heterocycles. The van der Waals surface area contributed by atoms with Gasteiger partial charge in [-0.15, -0.1) is 0 Å². The fraction of sp³-hybridized carbons (Fsp3) is 0.267. The highest BCUT2D eigenvalue weighted by atomic mass is 31.2. The van der Waals surface area contributed by atoms with E-state index in [1.807, 2.05) is 0 Å². The van der Waals surface area contributed by atoms with Crippen molar-refractivity contribution in [2.75, 3.05) is 6.35 Å². The summed E-state index contributed by atoms with van der Waals surface area (Å²) < 4.78 is 24.4. The van der Waals surface area contributed by atoms with E-state index in [4.69, 9.17) is 14.7 Å². The highest BCUT2D eigenvalue weighted by Gasteiger charge is 2.23. The third-order valence-corrected chi connectivity index (χ3v) is 4.39. The van der Waals surface area contributed by atoms with E-state index >= 15 is 0 Å². The zero-order valence-electron chi connectivity index (χ0n) is 13.5. The van der Waals surface area contributed by atoms with E-state index < -0.39 is 13.9 Å². The number of ether oxygens (including phenoxy) is 1. The maximum absolute atomic E-state index is 12.1. The summed E-state index contributed by atoms with van der Waals surface area (Å²) in [6.07, 6.45) is 2.16. The molecule has 10 heteroatoms. The number of H-pyrrole nitrogens is 1. The zero-order valence-corrected chi connectivity index (χ0v) is 14.4. The van der Waals surface area contributed by atoms with Gasteiger partial charge >= 0.3 is 7.60 Å². The Morgan fingerprint density at radius 3 is 2.88 bits per heavy atom. The van der Waals surface area contributed by atoms with Gasteiger partial charge in [-0.1, -0.05) is 18.2 Å². The van der Waals surface area contributed by atoms with Gasteiger partial charge in [-0.05, 0) is 19.1 Å². The average molecular weight is 363 g/mol. The Bertz CT molecular complexity index is 955. The van der Waals surface area contributed by atoms with Gasteiger partial charge in [0.1, 0.15) is 11.3 Å². The monoisotopic (exact) mass is 363 g/mol. The predicted octanol–water partition coefficient (Wildman–Crippen LogP) is 1.87. The van der Waals surface area contributed by atoms with Crippen LogP contribution in [-0.4, -0.2) is 36.9 Å². The number of hydrogen-bond acceptors (Lipinski definition) is 6. The van der Waals surface area contributed by atoms with Gasteiger partial charge in [-0.25, -0.2) is 14.5 Å². The van der Waals surface area contributed by atoms with E-state index in [0.29, 0.717) is 23.5 Å². The number of benzene rings is 1. The van der Waals surface area contributed by atoms with Crippen molar-refractivity contribution in [3.05, 3.63) is 48.5 Å². The lowest BCUT2D eigenvalue weighted by molar-refractivity contribution is 0.0770. The Labute approximate surface area is 143 Å². The number of para-hydroxylation sites is 1. The van der Waals surface area contributed by atoms with Crippen LogP contribution in [0, 0.1) is 5.41 Å².